The van der Waals surface area contributed by atoms with Crippen LogP contribution in [0.25, 0.3) is 0 Å². The maximum Gasteiger partial charge on any atom is 0.416 e. The number of benzene rings is 2. The van der Waals surface area contributed by atoms with Crippen LogP contribution in [0.1, 0.15) is 56.6 Å². The fourth-order valence-corrected chi connectivity index (χ4v) is 5.44. The highest BCUT2D eigenvalue weighted by atomic mass is 19.4. The molecule has 0 radical (unpaired) electrons. The van der Waals surface area contributed by atoms with E-state index in [0.29, 0.717) is 49.6 Å². The third kappa shape index (κ3) is 6.63. The Morgan fingerprint density at radius 1 is 1.08 bits per heavy atom. The van der Waals surface area contributed by atoms with E-state index in [2.05, 4.69) is 15.7 Å². The lowest BCUT2D eigenvalue weighted by molar-refractivity contribution is -0.137. The Kier molecular flexibility index (Phi) is 8.57. The minimum atomic E-state index is -4.35. The summed E-state index contributed by atoms with van der Waals surface area (Å²) in [5.74, 6) is 0.446. The van der Waals surface area contributed by atoms with Crippen LogP contribution in [0.3, 0.4) is 0 Å². The third-order valence-electron chi connectivity index (χ3n) is 8.09. The van der Waals surface area contributed by atoms with Gasteiger partial charge in [-0.1, -0.05) is 6.92 Å². The lowest BCUT2D eigenvalue weighted by atomic mass is 9.79. The number of alkyl halides is 4. The van der Waals surface area contributed by atoms with Crippen LogP contribution in [0.2, 0.25) is 0 Å². The molecule has 0 bridgehead atoms. The maximum absolute atomic E-state index is 13.2. The van der Waals surface area contributed by atoms with Gasteiger partial charge in [-0.05, 0) is 86.9 Å². The summed E-state index contributed by atoms with van der Waals surface area (Å²) in [6.45, 7) is 3.18. The number of rotatable bonds is 8. The molecule has 0 unspecified atom stereocenters. The number of hydrogen-bond donors (Lipinski definition) is 3. The largest absolute Gasteiger partial charge is 0.416 e. The minimum Gasteiger partial charge on any atom is -0.382 e. The van der Waals surface area contributed by atoms with E-state index in [-0.39, 0.29) is 11.9 Å². The molecule has 0 aromatic heterocycles. The van der Waals surface area contributed by atoms with Crippen LogP contribution in [-0.2, 0) is 17.6 Å². The fourth-order valence-electron chi connectivity index (χ4n) is 5.44. The Hall–Kier alpha value is -3.17. The normalized spacial score (nSPS) is 21.6. The molecule has 10 heteroatoms. The molecule has 2 aromatic carbocycles. The summed E-state index contributed by atoms with van der Waals surface area (Å²) in [5.41, 5.74) is 8.29. The van der Waals surface area contributed by atoms with Crippen molar-refractivity contribution in [2.75, 3.05) is 29.9 Å². The molecule has 0 spiro atoms. The van der Waals surface area contributed by atoms with E-state index in [0.717, 1.165) is 49.2 Å². The first-order valence-electron chi connectivity index (χ1n) is 13.1. The van der Waals surface area contributed by atoms with Crippen molar-refractivity contribution < 1.29 is 22.4 Å². The number of amides is 1. The van der Waals surface area contributed by atoms with Gasteiger partial charge in [0.1, 0.15) is 6.67 Å². The second kappa shape index (κ2) is 11.7. The Balaban J connectivity index is 1.20. The average Bonchev–Trinajstić information content (AvgIpc) is 2.92. The van der Waals surface area contributed by atoms with Crippen LogP contribution < -0.4 is 15.5 Å². The monoisotopic (exact) mass is 533 g/mol. The molecule has 6 nitrogen and oxygen atoms in total. The minimum absolute atomic E-state index is 0.0449. The first-order chi connectivity index (χ1) is 18.1. The number of carbonyl (C=O) groups is 1. The van der Waals surface area contributed by atoms with Crippen molar-refractivity contribution in [3.63, 3.8) is 0 Å². The third-order valence-corrected chi connectivity index (χ3v) is 8.09. The van der Waals surface area contributed by atoms with Gasteiger partial charge >= 0.3 is 6.18 Å². The zero-order valence-corrected chi connectivity index (χ0v) is 21.6. The molecule has 1 aliphatic carbocycles. The first kappa shape index (κ1) is 27.9. The predicted octanol–water partition coefficient (Wildman–Crippen LogP) is 7.23. The number of hydrogen-bond acceptors (Lipinski definition) is 5. The number of carbonyl (C=O) groups excluding carboxylic acids is 1. The van der Waals surface area contributed by atoms with Crippen molar-refractivity contribution in [3.8, 4) is 0 Å². The average molecular weight is 534 g/mol. The zero-order valence-electron chi connectivity index (χ0n) is 21.6. The van der Waals surface area contributed by atoms with Crippen molar-refractivity contribution in [1.82, 2.24) is 5.32 Å². The summed E-state index contributed by atoms with van der Waals surface area (Å²) in [6.07, 6.45) is 0.802. The van der Waals surface area contributed by atoms with Gasteiger partial charge in [0.05, 0.1) is 11.3 Å². The molecule has 1 saturated carbocycles. The van der Waals surface area contributed by atoms with E-state index in [1.165, 1.54) is 12.1 Å². The van der Waals surface area contributed by atoms with E-state index in [9.17, 15) is 22.4 Å². The van der Waals surface area contributed by atoms with Crippen LogP contribution >= 0.6 is 0 Å². The molecule has 206 valence electrons. The van der Waals surface area contributed by atoms with Crippen molar-refractivity contribution in [2.45, 2.75) is 64.3 Å². The quantitative estimate of drug-likeness (QED) is 0.247. The molecule has 38 heavy (non-hydrogen) atoms. The lowest BCUT2D eigenvalue weighted by Crippen LogP contribution is -2.48. The highest BCUT2D eigenvalue weighted by molar-refractivity contribution is 5.82. The van der Waals surface area contributed by atoms with Crippen LogP contribution in [-0.4, -0.2) is 31.6 Å². The van der Waals surface area contributed by atoms with Gasteiger partial charge in [-0.2, -0.15) is 18.3 Å². The van der Waals surface area contributed by atoms with Crippen molar-refractivity contribution in [2.24, 2.45) is 16.4 Å². The van der Waals surface area contributed by atoms with Gasteiger partial charge in [0.2, 0.25) is 5.91 Å². The van der Waals surface area contributed by atoms with Crippen LogP contribution in [0.4, 0.5) is 34.6 Å². The molecule has 1 amide bonds. The van der Waals surface area contributed by atoms with Crippen molar-refractivity contribution >= 4 is 23.0 Å². The highest BCUT2D eigenvalue weighted by Gasteiger charge is 2.37. The Morgan fingerprint density at radius 2 is 1.74 bits per heavy atom. The zero-order chi connectivity index (χ0) is 27.3. The predicted molar refractivity (Wildman–Crippen MR) is 139 cm³/mol. The summed E-state index contributed by atoms with van der Waals surface area (Å²) in [5, 5.41) is 9.97. The number of nitrogens with zero attached hydrogens (tertiary/aromatic N) is 2. The van der Waals surface area contributed by atoms with Gasteiger partial charge in [0.15, 0.2) is 0 Å². The number of anilines is 2. The van der Waals surface area contributed by atoms with E-state index in [1.54, 1.807) is 12.1 Å². The summed E-state index contributed by atoms with van der Waals surface area (Å²) in [6, 6.07) is 10.7. The number of piperidine rings is 1. The number of nitrogens with one attached hydrogen (secondary N) is 3. The Morgan fingerprint density at radius 3 is 2.32 bits per heavy atom. The summed E-state index contributed by atoms with van der Waals surface area (Å²) in [4.78, 5) is 15.1. The molecule has 3 N–H and O–H groups in total. The van der Waals surface area contributed by atoms with Gasteiger partial charge in [-0.15, -0.1) is 0 Å². The van der Waals surface area contributed by atoms with Crippen LogP contribution in [0.5, 0.6) is 0 Å². The second-order valence-corrected chi connectivity index (χ2v) is 10.8. The van der Waals surface area contributed by atoms with Crippen LogP contribution in [0, 0.1) is 16.9 Å². The smallest absolute Gasteiger partial charge is 0.382 e. The van der Waals surface area contributed by atoms with Gasteiger partial charge in [0, 0.05) is 48.0 Å². The summed E-state index contributed by atoms with van der Waals surface area (Å²) < 4.78 is 51.7. The molecule has 1 heterocycles. The Bertz CT molecular complexity index is 1110. The van der Waals surface area contributed by atoms with E-state index >= 15 is 0 Å². The summed E-state index contributed by atoms with van der Waals surface area (Å²) in [7, 11) is 0. The standard InChI is InChI=1S/C28H35F4N5O/c1-27(12-14-37(15-13-27)24-9-4-21(5-10-24)28(30,31)32)26(38)34-18-19-2-6-22(7-3-19)35-23-8-11-25(36-33)20(16-23)17-29/h4-5,8-11,16,19,22,33,35H,2-3,6-7,12-15,17-18H2,1H3,(H,34,38). The van der Waals surface area contributed by atoms with Gasteiger partial charge in [-0.25, -0.2) is 9.92 Å². The fraction of sp³-hybridized carbons (Fsp3) is 0.536. The van der Waals surface area contributed by atoms with Gasteiger partial charge < -0.3 is 15.5 Å². The molecule has 1 aliphatic heterocycles. The van der Waals surface area contributed by atoms with E-state index < -0.39 is 23.8 Å². The van der Waals surface area contributed by atoms with Crippen molar-refractivity contribution in [1.29, 1.82) is 5.53 Å². The Labute approximate surface area is 220 Å². The lowest BCUT2D eigenvalue weighted by Gasteiger charge is -2.40. The SMILES string of the molecule is CC1(C(=O)NCC2CCC(Nc3ccc(N=N)c(CF)c3)CC2)CCN(c2ccc(C(F)(F)F)cc2)CC1. The molecule has 0 atom stereocenters. The highest BCUT2D eigenvalue weighted by Crippen LogP contribution is 2.36. The molecular weight excluding hydrogens is 498 g/mol. The maximum atomic E-state index is 13.2. The van der Waals surface area contributed by atoms with E-state index in [1.807, 2.05) is 17.9 Å². The summed E-state index contributed by atoms with van der Waals surface area (Å²) >= 11 is 0. The molecule has 2 fully saturated rings. The molecule has 4 rings (SSSR count). The number of halogens is 4. The molecule has 1 saturated heterocycles. The first-order valence-corrected chi connectivity index (χ1v) is 13.1. The van der Waals surface area contributed by atoms with Gasteiger partial charge in [-0.3, -0.25) is 4.79 Å². The van der Waals surface area contributed by atoms with E-state index in [4.69, 9.17) is 5.53 Å². The van der Waals surface area contributed by atoms with Crippen molar-refractivity contribution in [3.05, 3.63) is 53.6 Å². The van der Waals surface area contributed by atoms with Crippen LogP contribution in [0.15, 0.2) is 47.6 Å². The van der Waals surface area contributed by atoms with Gasteiger partial charge in [0.25, 0.3) is 0 Å². The molecular formula is C28H35F4N5O. The molecule has 2 aromatic rings. The molecule has 2 aliphatic rings. The topological polar surface area (TPSA) is 80.6 Å². The second-order valence-electron chi connectivity index (χ2n) is 10.8.